The third kappa shape index (κ3) is 3.84. The van der Waals surface area contributed by atoms with Crippen molar-refractivity contribution in [2.45, 2.75) is 26.2 Å². The Hall–Kier alpha value is -1.84. The zero-order valence-electron chi connectivity index (χ0n) is 12.0. The highest BCUT2D eigenvalue weighted by molar-refractivity contribution is 7.79. The molecule has 2 rings (SSSR count). The molecule has 1 aromatic carbocycles. The monoisotopic (exact) mass is 316 g/mol. The molecule has 0 amide bonds. The SMILES string of the molecule is CC1=[N+](C)c2ccc([N+](=O)[O-])cc2C1(C)C.O=S(=O)([O-])O. The lowest BCUT2D eigenvalue weighted by Gasteiger charge is -2.14. The van der Waals surface area contributed by atoms with Crippen LogP contribution in [0.2, 0.25) is 0 Å². The van der Waals surface area contributed by atoms with Gasteiger partial charge in [0.25, 0.3) is 5.69 Å². The van der Waals surface area contributed by atoms with Crippen LogP contribution in [0.25, 0.3) is 0 Å². The molecule has 0 radical (unpaired) electrons. The maximum Gasteiger partial charge on any atom is 0.270 e. The van der Waals surface area contributed by atoms with E-state index in [0.717, 1.165) is 11.3 Å². The van der Waals surface area contributed by atoms with E-state index in [1.54, 1.807) is 12.1 Å². The highest BCUT2D eigenvalue weighted by Crippen LogP contribution is 2.40. The number of nitrogens with zero attached hydrogens (tertiary/aromatic N) is 2. The molecule has 9 heteroatoms. The molecule has 0 saturated heterocycles. The first-order valence-corrected chi connectivity index (χ1v) is 7.27. The molecule has 0 spiro atoms. The van der Waals surface area contributed by atoms with Crippen LogP contribution in [0.15, 0.2) is 18.2 Å². The summed E-state index contributed by atoms with van der Waals surface area (Å²) in [6, 6.07) is 5.07. The van der Waals surface area contributed by atoms with Gasteiger partial charge in [-0.05, 0) is 13.8 Å². The van der Waals surface area contributed by atoms with Crippen molar-refractivity contribution in [3.8, 4) is 0 Å². The molecule has 0 unspecified atom stereocenters. The van der Waals surface area contributed by atoms with E-state index in [0.29, 0.717) is 0 Å². The van der Waals surface area contributed by atoms with Crippen molar-refractivity contribution in [2.24, 2.45) is 0 Å². The number of hydrogen-bond donors (Lipinski definition) is 1. The van der Waals surface area contributed by atoms with Gasteiger partial charge in [0.1, 0.15) is 7.05 Å². The molecule has 1 N–H and O–H groups in total. The Morgan fingerprint density at radius 1 is 1.33 bits per heavy atom. The van der Waals surface area contributed by atoms with Crippen LogP contribution >= 0.6 is 0 Å². The van der Waals surface area contributed by atoms with Crippen LogP contribution in [-0.2, 0) is 15.8 Å². The van der Waals surface area contributed by atoms with Gasteiger partial charge in [0.2, 0.25) is 16.1 Å². The minimum absolute atomic E-state index is 0.129. The summed E-state index contributed by atoms with van der Waals surface area (Å²) in [5.74, 6) is 0. The second-order valence-corrected chi connectivity index (χ2v) is 6.01. The number of benzene rings is 1. The third-order valence-electron chi connectivity index (χ3n) is 3.63. The molecule has 0 atom stereocenters. The highest BCUT2D eigenvalue weighted by Gasteiger charge is 2.42. The zero-order chi connectivity index (χ0) is 16.6. The average molecular weight is 316 g/mol. The fraction of sp³-hybridized carbons (Fsp3) is 0.417. The lowest BCUT2D eigenvalue weighted by Crippen LogP contribution is -2.25. The summed E-state index contributed by atoms with van der Waals surface area (Å²) in [5.41, 5.74) is 3.34. The second-order valence-electron chi connectivity index (χ2n) is 5.16. The normalized spacial score (nSPS) is 16.1. The Balaban J connectivity index is 0.000000383. The summed E-state index contributed by atoms with van der Waals surface area (Å²) in [6.07, 6.45) is 0. The van der Waals surface area contributed by atoms with Crippen LogP contribution < -0.4 is 0 Å². The molecule has 1 aliphatic heterocycles. The summed E-state index contributed by atoms with van der Waals surface area (Å²) >= 11 is 0. The van der Waals surface area contributed by atoms with E-state index in [2.05, 4.69) is 25.3 Å². The fourth-order valence-electron chi connectivity index (χ4n) is 2.23. The van der Waals surface area contributed by atoms with Gasteiger partial charge in [-0.15, -0.1) is 0 Å². The molecular weight excluding hydrogens is 300 g/mol. The van der Waals surface area contributed by atoms with Crippen LogP contribution in [0.5, 0.6) is 0 Å². The molecule has 0 bridgehead atoms. The van der Waals surface area contributed by atoms with Gasteiger partial charge >= 0.3 is 0 Å². The molecule has 1 aromatic rings. The lowest BCUT2D eigenvalue weighted by molar-refractivity contribution is -0.403. The maximum atomic E-state index is 10.8. The fourth-order valence-corrected chi connectivity index (χ4v) is 2.23. The van der Waals surface area contributed by atoms with E-state index < -0.39 is 10.4 Å². The smallest absolute Gasteiger partial charge is 0.270 e. The lowest BCUT2D eigenvalue weighted by atomic mass is 9.82. The van der Waals surface area contributed by atoms with E-state index in [1.165, 1.54) is 5.71 Å². The molecule has 1 heterocycles. The number of rotatable bonds is 1. The molecule has 1 aliphatic rings. The standard InChI is InChI=1S/C12H15N2O2.H2O4S/c1-8-12(2,3)10-7-9(14(15)16)5-6-11(10)13(8)4;1-5(2,3)4/h5-7H,1-4H3;(H2,1,2,3,4)/q+1;/p-1. The van der Waals surface area contributed by atoms with Crippen molar-refractivity contribution in [1.82, 2.24) is 0 Å². The third-order valence-corrected chi connectivity index (χ3v) is 3.63. The summed E-state index contributed by atoms with van der Waals surface area (Å²) in [6.45, 7) is 6.24. The van der Waals surface area contributed by atoms with E-state index in [-0.39, 0.29) is 16.0 Å². The van der Waals surface area contributed by atoms with Crippen molar-refractivity contribution in [3.05, 3.63) is 33.9 Å². The predicted octanol–water partition coefficient (Wildman–Crippen LogP) is 1.63. The molecule has 8 nitrogen and oxygen atoms in total. The summed E-state index contributed by atoms with van der Waals surface area (Å²) < 4.78 is 34.9. The van der Waals surface area contributed by atoms with Crippen molar-refractivity contribution in [1.29, 1.82) is 0 Å². The van der Waals surface area contributed by atoms with Gasteiger partial charge in [-0.2, -0.15) is 0 Å². The van der Waals surface area contributed by atoms with Crippen LogP contribution in [0.4, 0.5) is 11.4 Å². The minimum atomic E-state index is -4.92. The number of non-ortho nitro benzene ring substituents is 1. The van der Waals surface area contributed by atoms with Crippen LogP contribution in [0, 0.1) is 10.1 Å². The number of nitro benzene ring substituents is 1. The van der Waals surface area contributed by atoms with Crippen molar-refractivity contribution in [3.63, 3.8) is 0 Å². The maximum absolute atomic E-state index is 10.8. The van der Waals surface area contributed by atoms with Crippen molar-refractivity contribution >= 4 is 27.5 Å². The second kappa shape index (κ2) is 5.51. The van der Waals surface area contributed by atoms with Gasteiger partial charge in [0.05, 0.1) is 10.3 Å². The Morgan fingerprint density at radius 3 is 2.24 bits per heavy atom. The van der Waals surface area contributed by atoms with Gasteiger partial charge in [-0.1, -0.05) is 0 Å². The summed E-state index contributed by atoms with van der Waals surface area (Å²) in [5, 5.41) is 10.8. The van der Waals surface area contributed by atoms with Gasteiger partial charge in [0.15, 0.2) is 5.71 Å². The van der Waals surface area contributed by atoms with Crippen LogP contribution in [0.1, 0.15) is 26.3 Å². The zero-order valence-corrected chi connectivity index (χ0v) is 12.8. The first-order chi connectivity index (χ1) is 9.35. The topological polar surface area (TPSA) is 124 Å². The highest BCUT2D eigenvalue weighted by atomic mass is 32.3. The number of hydrogen-bond acceptors (Lipinski definition) is 5. The average Bonchev–Trinajstić information content (AvgIpc) is 2.49. The first kappa shape index (κ1) is 17.2. The number of nitro groups is 1. The molecule has 116 valence electrons. The predicted molar refractivity (Wildman–Crippen MR) is 75.0 cm³/mol. The van der Waals surface area contributed by atoms with Crippen molar-refractivity contribution < 1.29 is 27.0 Å². The molecule has 0 aromatic heterocycles. The Morgan fingerprint density at radius 2 is 1.81 bits per heavy atom. The Kier molecular flexibility index (Phi) is 4.51. The van der Waals surface area contributed by atoms with Gasteiger partial charge < -0.3 is 4.55 Å². The number of fused-ring (bicyclic) bond motifs is 1. The van der Waals surface area contributed by atoms with Crippen molar-refractivity contribution in [2.75, 3.05) is 7.05 Å². The van der Waals surface area contributed by atoms with Crippen LogP contribution in [0.3, 0.4) is 0 Å². The Bertz CT molecular complexity index is 713. The van der Waals surface area contributed by atoms with Gasteiger partial charge in [0, 0.05) is 30.7 Å². The van der Waals surface area contributed by atoms with E-state index in [1.807, 2.05) is 13.1 Å². The molecule has 0 saturated carbocycles. The van der Waals surface area contributed by atoms with Gasteiger partial charge in [-0.3, -0.25) is 14.7 Å². The Labute approximate surface area is 122 Å². The molecule has 0 aliphatic carbocycles. The largest absolute Gasteiger partial charge is 0.726 e. The quantitative estimate of drug-likeness (QED) is 0.276. The first-order valence-electron chi connectivity index (χ1n) is 5.90. The summed E-state index contributed by atoms with van der Waals surface area (Å²) in [4.78, 5) is 10.4. The van der Waals surface area contributed by atoms with E-state index in [4.69, 9.17) is 17.5 Å². The minimum Gasteiger partial charge on any atom is -0.726 e. The molecule has 0 fully saturated rings. The van der Waals surface area contributed by atoms with E-state index in [9.17, 15) is 10.1 Å². The van der Waals surface area contributed by atoms with Gasteiger partial charge in [-0.25, -0.2) is 13.0 Å². The van der Waals surface area contributed by atoms with E-state index >= 15 is 0 Å². The van der Waals surface area contributed by atoms with Crippen LogP contribution in [-0.4, -0.2) is 39.8 Å². The molecule has 21 heavy (non-hydrogen) atoms. The summed E-state index contributed by atoms with van der Waals surface area (Å²) in [7, 11) is -2.92. The molecular formula is C12H16N2O6S.